The van der Waals surface area contributed by atoms with Crippen molar-refractivity contribution in [3.8, 4) is 0 Å². The number of benzene rings is 1. The molecule has 1 aromatic carbocycles. The Bertz CT molecular complexity index is 282. The number of thiol groups is 1. The average Bonchev–Trinajstić information content (AvgIpc) is 2.04. The molecule has 0 atom stereocenters. The lowest BCUT2D eigenvalue weighted by Crippen LogP contribution is -1.89. The third-order valence-corrected chi connectivity index (χ3v) is 2.21. The van der Waals surface area contributed by atoms with E-state index in [9.17, 15) is 0 Å². The smallest absolute Gasteiger partial charge is 0.00259 e. The maximum absolute atomic E-state index is 4.18. The van der Waals surface area contributed by atoms with Gasteiger partial charge in [-0.1, -0.05) is 44.7 Å². The summed E-state index contributed by atoms with van der Waals surface area (Å²) in [7, 11) is 0. The summed E-state index contributed by atoms with van der Waals surface area (Å²) < 4.78 is 0. The van der Waals surface area contributed by atoms with E-state index in [1.54, 1.807) is 0 Å². The van der Waals surface area contributed by atoms with Crippen molar-refractivity contribution in [2.45, 2.75) is 26.2 Å². The molecule has 0 spiro atoms. The van der Waals surface area contributed by atoms with Crippen molar-refractivity contribution in [1.29, 1.82) is 0 Å². The maximum Gasteiger partial charge on any atom is 0.00259 e. The van der Waals surface area contributed by atoms with E-state index in [0.717, 1.165) is 11.3 Å². The topological polar surface area (TPSA) is 0 Å². The van der Waals surface area contributed by atoms with E-state index in [1.165, 1.54) is 11.1 Å². The molecule has 1 aromatic rings. The van der Waals surface area contributed by atoms with Gasteiger partial charge in [-0.15, -0.1) is 12.6 Å². The predicted octanol–water partition coefficient (Wildman–Crippen LogP) is 3.80. The molecule has 0 saturated carbocycles. The van der Waals surface area contributed by atoms with E-state index in [2.05, 4.69) is 57.3 Å². The van der Waals surface area contributed by atoms with Crippen molar-refractivity contribution >= 4 is 12.6 Å². The first kappa shape index (κ1) is 10.4. The van der Waals surface area contributed by atoms with Gasteiger partial charge in [0.25, 0.3) is 0 Å². The van der Waals surface area contributed by atoms with Crippen LogP contribution >= 0.6 is 12.6 Å². The molecule has 0 N–H and O–H groups in total. The molecule has 0 aliphatic heterocycles. The minimum absolute atomic E-state index is 0.605. The summed E-state index contributed by atoms with van der Waals surface area (Å²) >= 11 is 4.18. The molecular weight excluding hydrogens is 176 g/mol. The van der Waals surface area contributed by atoms with Gasteiger partial charge in [0, 0.05) is 6.42 Å². The van der Waals surface area contributed by atoms with Crippen LogP contribution in [0.25, 0.3) is 0 Å². The Hall–Kier alpha value is -0.690. The van der Waals surface area contributed by atoms with Gasteiger partial charge in [0.1, 0.15) is 0 Å². The fourth-order valence-electron chi connectivity index (χ4n) is 1.26. The quantitative estimate of drug-likeness (QED) is 0.692. The third-order valence-electron chi connectivity index (χ3n) is 2.05. The average molecular weight is 192 g/mol. The largest absolute Gasteiger partial charge is 0.148 e. The van der Waals surface area contributed by atoms with Crippen LogP contribution in [0.3, 0.4) is 0 Å². The molecule has 0 aliphatic carbocycles. The molecule has 0 heterocycles. The van der Waals surface area contributed by atoms with Gasteiger partial charge in [0.05, 0.1) is 0 Å². The highest BCUT2D eigenvalue weighted by molar-refractivity contribution is 7.84. The maximum atomic E-state index is 4.18. The van der Waals surface area contributed by atoms with Crippen LogP contribution in [0.5, 0.6) is 0 Å². The van der Waals surface area contributed by atoms with Gasteiger partial charge in [-0.2, -0.15) is 0 Å². The minimum Gasteiger partial charge on any atom is -0.148 e. The van der Waals surface area contributed by atoms with Crippen LogP contribution in [0.1, 0.15) is 30.9 Å². The van der Waals surface area contributed by atoms with Gasteiger partial charge in [0.15, 0.2) is 0 Å². The van der Waals surface area contributed by atoms with E-state index in [-0.39, 0.29) is 0 Å². The van der Waals surface area contributed by atoms with Crippen molar-refractivity contribution in [3.63, 3.8) is 0 Å². The molecule has 0 bridgehead atoms. The zero-order valence-corrected chi connectivity index (χ0v) is 9.14. The van der Waals surface area contributed by atoms with Crippen LogP contribution in [0.15, 0.2) is 35.7 Å². The minimum atomic E-state index is 0.605. The summed E-state index contributed by atoms with van der Waals surface area (Å²) in [6.07, 6.45) is 0.863. The lowest BCUT2D eigenvalue weighted by atomic mass is 10.0. The number of rotatable bonds is 3. The molecule has 0 aliphatic rings. The predicted molar refractivity (Wildman–Crippen MR) is 62.4 cm³/mol. The van der Waals surface area contributed by atoms with Crippen LogP contribution in [0, 0.1) is 0 Å². The molecule has 0 aromatic heterocycles. The first-order chi connectivity index (χ1) is 6.09. The molecule has 0 nitrogen and oxygen atoms in total. The summed E-state index contributed by atoms with van der Waals surface area (Å²) in [5.41, 5.74) is 2.66. The van der Waals surface area contributed by atoms with E-state index in [0.29, 0.717) is 5.92 Å². The van der Waals surface area contributed by atoms with Crippen molar-refractivity contribution in [2.24, 2.45) is 0 Å². The van der Waals surface area contributed by atoms with Gasteiger partial charge >= 0.3 is 0 Å². The van der Waals surface area contributed by atoms with Gasteiger partial charge in [0.2, 0.25) is 0 Å². The summed E-state index contributed by atoms with van der Waals surface area (Å²) in [6.45, 7) is 8.17. The Balaban J connectivity index is 2.75. The summed E-state index contributed by atoms with van der Waals surface area (Å²) in [6, 6.07) is 8.65. The highest BCUT2D eigenvalue weighted by atomic mass is 32.1. The summed E-state index contributed by atoms with van der Waals surface area (Å²) in [5.74, 6) is 0.605. The lowest BCUT2D eigenvalue weighted by Gasteiger charge is -2.06. The molecule has 1 heteroatoms. The van der Waals surface area contributed by atoms with E-state index >= 15 is 0 Å². The normalized spacial score (nSPS) is 10.5. The Morgan fingerprint density at radius 1 is 1.31 bits per heavy atom. The highest BCUT2D eigenvalue weighted by Gasteiger charge is 1.98. The van der Waals surface area contributed by atoms with Crippen molar-refractivity contribution in [2.75, 3.05) is 0 Å². The molecule has 0 radical (unpaired) electrons. The first-order valence-corrected chi connectivity index (χ1v) is 5.00. The van der Waals surface area contributed by atoms with Crippen molar-refractivity contribution < 1.29 is 0 Å². The molecule has 13 heavy (non-hydrogen) atoms. The monoisotopic (exact) mass is 192 g/mol. The van der Waals surface area contributed by atoms with Crippen molar-refractivity contribution in [1.82, 2.24) is 0 Å². The second-order valence-corrected chi connectivity index (χ2v) is 4.27. The number of hydrogen-bond acceptors (Lipinski definition) is 1. The third kappa shape index (κ3) is 3.27. The van der Waals surface area contributed by atoms with Gasteiger partial charge < -0.3 is 0 Å². The summed E-state index contributed by atoms with van der Waals surface area (Å²) in [5, 5.41) is 0. The summed E-state index contributed by atoms with van der Waals surface area (Å²) in [4.78, 5) is 0.914. The van der Waals surface area contributed by atoms with Crippen LogP contribution in [-0.4, -0.2) is 0 Å². The van der Waals surface area contributed by atoms with E-state index in [4.69, 9.17) is 0 Å². The molecule has 70 valence electrons. The van der Waals surface area contributed by atoms with Gasteiger partial charge in [-0.3, -0.25) is 0 Å². The van der Waals surface area contributed by atoms with Gasteiger partial charge in [-0.05, 0) is 21.9 Å². The lowest BCUT2D eigenvalue weighted by molar-refractivity contribution is 0.865. The molecule has 0 amide bonds. The molecule has 0 unspecified atom stereocenters. The first-order valence-electron chi connectivity index (χ1n) is 4.55. The van der Waals surface area contributed by atoms with Gasteiger partial charge in [-0.25, -0.2) is 0 Å². The zero-order chi connectivity index (χ0) is 9.84. The Morgan fingerprint density at radius 3 is 2.23 bits per heavy atom. The van der Waals surface area contributed by atoms with Crippen LogP contribution in [0.4, 0.5) is 0 Å². The van der Waals surface area contributed by atoms with Crippen LogP contribution in [0.2, 0.25) is 0 Å². The highest BCUT2D eigenvalue weighted by Crippen LogP contribution is 2.16. The second kappa shape index (κ2) is 4.52. The Kier molecular flexibility index (Phi) is 3.61. The fraction of sp³-hybridized carbons (Fsp3) is 0.333. The second-order valence-electron chi connectivity index (χ2n) is 3.64. The van der Waals surface area contributed by atoms with E-state index < -0.39 is 0 Å². The van der Waals surface area contributed by atoms with Crippen molar-refractivity contribution in [3.05, 3.63) is 46.9 Å². The van der Waals surface area contributed by atoms with Crippen LogP contribution < -0.4 is 0 Å². The molecular formula is C12H16S. The fourth-order valence-corrected chi connectivity index (χ4v) is 1.44. The standard InChI is InChI=1S/C12H16S/c1-9(2)12-6-4-11(5-7-12)8-10(3)13/h4-7,9,13H,3,8H2,1-2H3. The SMILES string of the molecule is C=C(S)Cc1ccc(C(C)C)cc1. The number of hydrogen-bond donors (Lipinski definition) is 1. The molecule has 1 rings (SSSR count). The Labute approximate surface area is 86.1 Å². The zero-order valence-electron chi connectivity index (χ0n) is 8.25. The Morgan fingerprint density at radius 2 is 1.85 bits per heavy atom. The molecule has 0 fully saturated rings. The van der Waals surface area contributed by atoms with Crippen LogP contribution in [-0.2, 0) is 6.42 Å². The van der Waals surface area contributed by atoms with E-state index in [1.807, 2.05) is 0 Å². The molecule has 0 saturated heterocycles. The number of allylic oxidation sites excluding steroid dienone is 1.